The highest BCUT2D eigenvalue weighted by Crippen LogP contribution is 2.39. The summed E-state index contributed by atoms with van der Waals surface area (Å²) in [4.78, 5) is 0. The van der Waals surface area contributed by atoms with Gasteiger partial charge in [0.05, 0.1) is 6.61 Å². The number of hydrogen-bond acceptors (Lipinski definition) is 2. The summed E-state index contributed by atoms with van der Waals surface area (Å²) >= 11 is -1.41. The van der Waals surface area contributed by atoms with Gasteiger partial charge >= 0.3 is 12.1 Å². The summed E-state index contributed by atoms with van der Waals surface area (Å²) in [6.07, 6.45) is -4.41. The van der Waals surface area contributed by atoms with Gasteiger partial charge < -0.3 is 9.29 Å². The van der Waals surface area contributed by atoms with E-state index in [9.17, 15) is 26.5 Å². The Balaban J connectivity index is 1.49. The van der Waals surface area contributed by atoms with Crippen LogP contribution in [0.4, 0.5) is 22.0 Å². The summed E-state index contributed by atoms with van der Waals surface area (Å²) in [6.45, 7) is 2.63. The molecule has 1 atom stereocenters. The molecule has 3 aromatic carbocycles. The number of alkyl halides is 5. The Labute approximate surface area is 236 Å². The van der Waals surface area contributed by atoms with Crippen molar-refractivity contribution in [1.82, 2.24) is 0 Å². The molecule has 40 heavy (non-hydrogen) atoms. The highest BCUT2D eigenvalue weighted by Gasteiger charge is 2.56. The van der Waals surface area contributed by atoms with Crippen LogP contribution in [0.2, 0.25) is 0 Å². The maximum Gasteiger partial charge on any atom is 0.453 e. The highest BCUT2D eigenvalue weighted by atomic mass is 32.2. The molecular formula is C32H35F5O2S. The van der Waals surface area contributed by atoms with Crippen LogP contribution in [0.25, 0.3) is 11.1 Å². The van der Waals surface area contributed by atoms with Gasteiger partial charge in [-0.2, -0.15) is 22.0 Å². The fourth-order valence-corrected chi connectivity index (χ4v) is 5.63. The van der Waals surface area contributed by atoms with Crippen molar-refractivity contribution in [3.63, 3.8) is 0 Å². The quantitative estimate of drug-likeness (QED) is 0.0779. The van der Waals surface area contributed by atoms with E-state index in [2.05, 4.69) is 43.3 Å². The molecule has 0 fully saturated rings. The molecule has 3 aromatic rings. The van der Waals surface area contributed by atoms with Crippen LogP contribution in [0.5, 0.6) is 5.75 Å². The zero-order chi connectivity index (χ0) is 29.0. The third kappa shape index (κ3) is 9.37. The molecule has 0 spiro atoms. The van der Waals surface area contributed by atoms with Crippen LogP contribution in [0, 0.1) is 0 Å². The van der Waals surface area contributed by atoms with Crippen molar-refractivity contribution in [2.24, 2.45) is 0 Å². The van der Waals surface area contributed by atoms with Crippen molar-refractivity contribution >= 4 is 22.3 Å². The van der Waals surface area contributed by atoms with Gasteiger partial charge in [-0.05, 0) is 72.1 Å². The zero-order valence-electron chi connectivity index (χ0n) is 22.6. The topological polar surface area (TPSA) is 32.3 Å². The molecule has 0 bridgehead atoms. The highest BCUT2D eigenvalue weighted by molar-refractivity contribution is 7.91. The van der Waals surface area contributed by atoms with Gasteiger partial charge in [0.2, 0.25) is 0 Å². The molecule has 0 heterocycles. The molecule has 0 amide bonds. The first-order valence-electron chi connectivity index (χ1n) is 13.5. The molecule has 216 valence electrons. The molecule has 0 aliphatic rings. The van der Waals surface area contributed by atoms with Crippen LogP contribution in [0.1, 0.15) is 62.1 Å². The molecule has 0 saturated carbocycles. The number of allylic oxidation sites excluding steroid dienone is 1. The number of rotatable bonds is 15. The second kappa shape index (κ2) is 15.2. The first-order chi connectivity index (χ1) is 19.1. The van der Waals surface area contributed by atoms with E-state index in [4.69, 9.17) is 4.74 Å². The summed E-state index contributed by atoms with van der Waals surface area (Å²) in [6, 6.07) is 28.7. The second-order valence-electron chi connectivity index (χ2n) is 9.53. The van der Waals surface area contributed by atoms with Crippen molar-refractivity contribution < 1.29 is 31.2 Å². The minimum atomic E-state index is -5.56. The first kappa shape index (κ1) is 31.7. The predicted molar refractivity (Wildman–Crippen MR) is 153 cm³/mol. The molecular weight excluding hydrogens is 543 g/mol. The van der Waals surface area contributed by atoms with Crippen molar-refractivity contribution in [2.75, 3.05) is 18.1 Å². The third-order valence-corrected chi connectivity index (χ3v) is 8.03. The molecule has 2 nitrogen and oxygen atoms in total. The molecule has 0 aliphatic heterocycles. The summed E-state index contributed by atoms with van der Waals surface area (Å²) in [5.74, 6) is -3.87. The van der Waals surface area contributed by atoms with Crippen molar-refractivity contribution in [1.29, 1.82) is 0 Å². The Kier molecular flexibility index (Phi) is 12.1. The van der Waals surface area contributed by atoms with E-state index in [1.165, 1.54) is 16.7 Å². The average molecular weight is 579 g/mol. The van der Waals surface area contributed by atoms with E-state index < -0.39 is 36.1 Å². The van der Waals surface area contributed by atoms with E-state index in [0.717, 1.165) is 29.7 Å². The number of benzene rings is 3. The lowest BCUT2D eigenvalue weighted by Gasteiger charge is -2.19. The van der Waals surface area contributed by atoms with E-state index in [1.807, 2.05) is 48.5 Å². The van der Waals surface area contributed by atoms with Crippen LogP contribution >= 0.6 is 0 Å². The largest absolute Gasteiger partial charge is 0.616 e. The molecule has 0 aromatic heterocycles. The fraction of sp³-hybridized carbons (Fsp3) is 0.375. The predicted octanol–water partition coefficient (Wildman–Crippen LogP) is 9.33. The number of halogens is 5. The molecule has 0 aliphatic carbocycles. The molecule has 0 radical (unpaired) electrons. The standard InChI is InChI=1S/C32H35F5O2S/c1-2-29(25-13-6-3-7-14-25)30(26-15-8-4-9-16-26)27-17-19-28(20-18-27)39-22-10-5-11-23-40(38)24-12-21-31(33,34)32(35,36)37/h3-4,6-9,13-20H,2,5,10-12,21-24H2,1H3/b30-29-. The van der Waals surface area contributed by atoms with E-state index in [0.29, 0.717) is 19.4 Å². The molecule has 8 heteroatoms. The SMILES string of the molecule is CC/C(=C(\c1ccccc1)c1ccc(OCCCCC[S+]([O-])CCCC(F)(F)C(F)(F)F)cc1)c1ccccc1. The van der Waals surface area contributed by atoms with Gasteiger partial charge in [0.15, 0.2) is 0 Å². The van der Waals surface area contributed by atoms with Gasteiger partial charge in [-0.25, -0.2) is 0 Å². The first-order valence-corrected chi connectivity index (χ1v) is 15.0. The maximum atomic E-state index is 12.9. The Hall–Kier alpha value is -2.84. The van der Waals surface area contributed by atoms with E-state index in [-0.39, 0.29) is 11.5 Å². The van der Waals surface area contributed by atoms with E-state index >= 15 is 0 Å². The minimum absolute atomic E-state index is 0.155. The molecule has 1 unspecified atom stereocenters. The number of hydrogen-bond donors (Lipinski definition) is 0. The van der Waals surface area contributed by atoms with Crippen LogP contribution in [-0.2, 0) is 11.2 Å². The van der Waals surface area contributed by atoms with Crippen LogP contribution in [-0.4, -0.2) is 34.8 Å². The van der Waals surface area contributed by atoms with Gasteiger partial charge in [-0.1, -0.05) is 90.9 Å². The number of unbranched alkanes of at least 4 members (excludes halogenated alkanes) is 2. The lowest BCUT2D eigenvalue weighted by atomic mass is 9.88. The van der Waals surface area contributed by atoms with E-state index in [1.54, 1.807) is 0 Å². The zero-order valence-corrected chi connectivity index (χ0v) is 23.4. The molecule has 0 saturated heterocycles. The van der Waals surface area contributed by atoms with Crippen molar-refractivity contribution in [3.8, 4) is 5.75 Å². The fourth-order valence-electron chi connectivity index (χ4n) is 4.43. The third-order valence-electron chi connectivity index (χ3n) is 6.55. The van der Waals surface area contributed by atoms with Crippen LogP contribution < -0.4 is 4.74 Å². The van der Waals surface area contributed by atoms with Gasteiger partial charge in [0.1, 0.15) is 17.3 Å². The molecule has 0 N–H and O–H groups in total. The van der Waals surface area contributed by atoms with Gasteiger partial charge in [-0.15, -0.1) is 0 Å². The summed E-state index contributed by atoms with van der Waals surface area (Å²) in [5, 5.41) is 0. The van der Waals surface area contributed by atoms with Gasteiger partial charge in [-0.3, -0.25) is 0 Å². The number of ether oxygens (including phenoxy) is 1. The second-order valence-corrected chi connectivity index (χ2v) is 11.2. The Bertz CT molecular complexity index is 1180. The Morgan fingerprint density at radius 1 is 0.700 bits per heavy atom. The summed E-state index contributed by atoms with van der Waals surface area (Å²) < 4.78 is 80.3. The lowest BCUT2D eigenvalue weighted by Crippen LogP contribution is -2.36. The minimum Gasteiger partial charge on any atom is -0.616 e. The lowest BCUT2D eigenvalue weighted by molar-refractivity contribution is -0.284. The average Bonchev–Trinajstić information content (AvgIpc) is 2.94. The van der Waals surface area contributed by atoms with Crippen molar-refractivity contribution in [2.45, 2.75) is 57.5 Å². The Morgan fingerprint density at radius 2 is 1.25 bits per heavy atom. The monoisotopic (exact) mass is 578 g/mol. The smallest absolute Gasteiger partial charge is 0.453 e. The van der Waals surface area contributed by atoms with Crippen LogP contribution in [0.3, 0.4) is 0 Å². The summed E-state index contributed by atoms with van der Waals surface area (Å²) in [5.41, 5.74) is 5.85. The van der Waals surface area contributed by atoms with Crippen molar-refractivity contribution in [3.05, 3.63) is 102 Å². The normalized spacial score (nSPS) is 13.6. The Morgan fingerprint density at radius 3 is 1.82 bits per heavy atom. The molecule has 3 rings (SSSR count). The van der Waals surface area contributed by atoms with Gasteiger partial charge in [0, 0.05) is 6.42 Å². The van der Waals surface area contributed by atoms with Crippen LogP contribution in [0.15, 0.2) is 84.9 Å². The maximum absolute atomic E-state index is 12.9. The van der Waals surface area contributed by atoms with Gasteiger partial charge in [0.25, 0.3) is 0 Å². The summed E-state index contributed by atoms with van der Waals surface area (Å²) in [7, 11) is 0.